The van der Waals surface area contributed by atoms with Crippen LogP contribution in [0.3, 0.4) is 0 Å². The van der Waals surface area contributed by atoms with Gasteiger partial charge in [-0.05, 0) is 31.9 Å². The Morgan fingerprint density at radius 2 is 2.05 bits per heavy atom. The van der Waals surface area contributed by atoms with Crippen LogP contribution in [0.15, 0.2) is 18.2 Å². The second-order valence-corrected chi connectivity index (χ2v) is 5.06. The monoisotopic (exact) mass is 299 g/mol. The molecule has 0 aromatic heterocycles. The minimum absolute atomic E-state index is 0.107. The molecule has 5 heteroatoms. The van der Waals surface area contributed by atoms with E-state index in [9.17, 15) is 13.6 Å². The highest BCUT2D eigenvalue weighted by Gasteiger charge is 2.19. The lowest BCUT2D eigenvalue weighted by molar-refractivity contribution is -0.135. The van der Waals surface area contributed by atoms with Gasteiger partial charge in [0.2, 0.25) is 0 Å². The van der Waals surface area contributed by atoms with Crippen LogP contribution in [0, 0.1) is 11.6 Å². The van der Waals surface area contributed by atoms with Gasteiger partial charge in [0.15, 0.2) is 18.2 Å². The number of carbonyl (C=O) groups is 1. The molecule has 118 valence electrons. The molecule has 1 atom stereocenters. The maximum Gasteiger partial charge on any atom is 0.260 e. The Morgan fingerprint density at radius 1 is 1.33 bits per heavy atom. The van der Waals surface area contributed by atoms with Crippen molar-refractivity contribution in [3.63, 3.8) is 0 Å². The topological polar surface area (TPSA) is 29.5 Å². The van der Waals surface area contributed by atoms with E-state index >= 15 is 0 Å². The number of nitrogens with zero attached hydrogens (tertiary/aromatic N) is 1. The number of rotatable bonds is 8. The quantitative estimate of drug-likeness (QED) is 0.731. The molecule has 0 aliphatic heterocycles. The van der Waals surface area contributed by atoms with Crippen molar-refractivity contribution in [3.8, 4) is 5.75 Å². The van der Waals surface area contributed by atoms with Gasteiger partial charge in [-0.15, -0.1) is 0 Å². The first kappa shape index (κ1) is 17.4. The zero-order valence-electron chi connectivity index (χ0n) is 12.9. The van der Waals surface area contributed by atoms with Crippen molar-refractivity contribution < 1.29 is 18.3 Å². The number of hydrogen-bond donors (Lipinski definition) is 0. The Labute approximate surface area is 124 Å². The van der Waals surface area contributed by atoms with Crippen LogP contribution in [-0.4, -0.2) is 30.0 Å². The summed E-state index contributed by atoms with van der Waals surface area (Å²) in [5.74, 6) is -1.76. The number of amides is 1. The van der Waals surface area contributed by atoms with Gasteiger partial charge in [-0.3, -0.25) is 4.79 Å². The molecule has 21 heavy (non-hydrogen) atoms. The minimum Gasteiger partial charge on any atom is -0.481 e. The molecular weight excluding hydrogens is 276 g/mol. The van der Waals surface area contributed by atoms with E-state index in [1.807, 2.05) is 13.8 Å². The average Bonchev–Trinajstić information content (AvgIpc) is 2.46. The summed E-state index contributed by atoms with van der Waals surface area (Å²) in [7, 11) is 0. The first-order chi connectivity index (χ1) is 9.99. The lowest BCUT2D eigenvalue weighted by Gasteiger charge is -2.28. The van der Waals surface area contributed by atoms with E-state index < -0.39 is 11.6 Å². The van der Waals surface area contributed by atoms with Gasteiger partial charge < -0.3 is 9.64 Å². The summed E-state index contributed by atoms with van der Waals surface area (Å²) in [5.41, 5.74) is 0. The molecule has 0 bridgehead atoms. The zero-order chi connectivity index (χ0) is 15.8. The molecule has 0 heterocycles. The van der Waals surface area contributed by atoms with Crippen LogP contribution in [-0.2, 0) is 4.79 Å². The molecule has 0 N–H and O–H groups in total. The normalized spacial score (nSPS) is 12.0. The number of unbranched alkanes of at least 4 members (excludes halogenated alkanes) is 1. The van der Waals surface area contributed by atoms with Crippen molar-refractivity contribution in [2.75, 3.05) is 13.2 Å². The molecule has 0 radical (unpaired) electrons. The van der Waals surface area contributed by atoms with Crippen LogP contribution < -0.4 is 4.74 Å². The molecule has 1 unspecified atom stereocenters. The highest BCUT2D eigenvalue weighted by molar-refractivity contribution is 5.78. The molecule has 0 saturated heterocycles. The summed E-state index contributed by atoms with van der Waals surface area (Å²) in [5, 5.41) is 0. The van der Waals surface area contributed by atoms with Gasteiger partial charge in [0.25, 0.3) is 5.91 Å². The smallest absolute Gasteiger partial charge is 0.260 e. The third-order valence-electron chi connectivity index (χ3n) is 3.44. The fraction of sp³-hybridized carbons (Fsp3) is 0.562. The number of carbonyl (C=O) groups excluding carboxylic acids is 1. The Bertz CT molecular complexity index is 466. The highest BCUT2D eigenvalue weighted by Crippen LogP contribution is 2.18. The molecular formula is C16H23F2NO2. The Balaban J connectivity index is 2.64. The summed E-state index contributed by atoms with van der Waals surface area (Å²) in [4.78, 5) is 14.0. The maximum atomic E-state index is 13.4. The van der Waals surface area contributed by atoms with Crippen molar-refractivity contribution >= 4 is 5.91 Å². The van der Waals surface area contributed by atoms with Crippen molar-refractivity contribution in [1.82, 2.24) is 4.90 Å². The summed E-state index contributed by atoms with van der Waals surface area (Å²) in [6.07, 6.45) is 2.76. The maximum absolute atomic E-state index is 13.4. The van der Waals surface area contributed by atoms with E-state index in [1.54, 1.807) is 4.90 Å². The average molecular weight is 299 g/mol. The third-order valence-corrected chi connectivity index (χ3v) is 3.44. The molecule has 3 nitrogen and oxygen atoms in total. The molecule has 1 aromatic rings. The van der Waals surface area contributed by atoms with Crippen LogP contribution in [0.25, 0.3) is 0 Å². The van der Waals surface area contributed by atoms with Crippen LogP contribution in [0.2, 0.25) is 0 Å². The predicted molar refractivity (Wildman–Crippen MR) is 78.2 cm³/mol. The first-order valence-electron chi connectivity index (χ1n) is 7.36. The van der Waals surface area contributed by atoms with Crippen LogP contribution in [0.5, 0.6) is 5.75 Å². The first-order valence-corrected chi connectivity index (χ1v) is 7.36. The van der Waals surface area contributed by atoms with E-state index in [0.717, 1.165) is 31.4 Å². The Morgan fingerprint density at radius 3 is 2.62 bits per heavy atom. The number of halogens is 2. The van der Waals surface area contributed by atoms with E-state index in [2.05, 4.69) is 6.92 Å². The standard InChI is InChI=1S/C16H23F2NO2/c1-4-6-9-19(12(3)5-2)16(20)11-21-15-8-7-13(17)10-14(15)18/h7-8,10,12H,4-6,9,11H2,1-3H3. The predicted octanol–water partition coefficient (Wildman–Crippen LogP) is 3.77. The summed E-state index contributed by atoms with van der Waals surface area (Å²) < 4.78 is 31.4. The lowest BCUT2D eigenvalue weighted by atomic mass is 10.2. The number of hydrogen-bond acceptors (Lipinski definition) is 2. The molecule has 0 aliphatic rings. The van der Waals surface area contributed by atoms with Gasteiger partial charge >= 0.3 is 0 Å². The second-order valence-electron chi connectivity index (χ2n) is 5.06. The SMILES string of the molecule is CCCCN(C(=O)COc1ccc(F)cc1F)C(C)CC. The molecule has 0 fully saturated rings. The van der Waals surface area contributed by atoms with E-state index in [1.165, 1.54) is 6.07 Å². The lowest BCUT2D eigenvalue weighted by Crippen LogP contribution is -2.41. The van der Waals surface area contributed by atoms with Crippen molar-refractivity contribution in [2.45, 2.75) is 46.1 Å². The molecule has 0 spiro atoms. The van der Waals surface area contributed by atoms with Gasteiger partial charge in [0, 0.05) is 18.7 Å². The zero-order valence-corrected chi connectivity index (χ0v) is 12.9. The third kappa shape index (κ3) is 5.33. The molecule has 0 saturated carbocycles. The summed E-state index contributed by atoms with van der Waals surface area (Å²) >= 11 is 0. The molecule has 1 rings (SSSR count). The van der Waals surface area contributed by atoms with Crippen molar-refractivity contribution in [3.05, 3.63) is 29.8 Å². The highest BCUT2D eigenvalue weighted by atomic mass is 19.1. The number of ether oxygens (including phenoxy) is 1. The minimum atomic E-state index is -0.800. The van der Waals surface area contributed by atoms with Crippen molar-refractivity contribution in [2.24, 2.45) is 0 Å². The fourth-order valence-electron chi connectivity index (χ4n) is 1.95. The fourth-order valence-corrected chi connectivity index (χ4v) is 1.95. The largest absolute Gasteiger partial charge is 0.481 e. The molecule has 0 aliphatic carbocycles. The van der Waals surface area contributed by atoms with E-state index in [4.69, 9.17) is 4.74 Å². The van der Waals surface area contributed by atoms with Crippen LogP contribution in [0.1, 0.15) is 40.0 Å². The Hall–Kier alpha value is -1.65. The van der Waals surface area contributed by atoms with Gasteiger partial charge in [0.1, 0.15) is 5.82 Å². The van der Waals surface area contributed by atoms with Crippen molar-refractivity contribution in [1.29, 1.82) is 0 Å². The molecule has 1 amide bonds. The Kier molecular flexibility index (Phi) is 7.12. The van der Waals surface area contributed by atoms with Crippen LogP contribution in [0.4, 0.5) is 8.78 Å². The van der Waals surface area contributed by atoms with Crippen LogP contribution >= 0.6 is 0 Å². The number of benzene rings is 1. The summed E-state index contributed by atoms with van der Waals surface area (Å²) in [6.45, 7) is 6.48. The van der Waals surface area contributed by atoms with E-state index in [-0.39, 0.29) is 24.3 Å². The van der Waals surface area contributed by atoms with Gasteiger partial charge in [-0.25, -0.2) is 8.78 Å². The molecule has 1 aromatic carbocycles. The van der Waals surface area contributed by atoms with E-state index in [0.29, 0.717) is 6.54 Å². The van der Waals surface area contributed by atoms with Gasteiger partial charge in [-0.1, -0.05) is 20.3 Å². The van der Waals surface area contributed by atoms with Gasteiger partial charge in [0.05, 0.1) is 0 Å². The van der Waals surface area contributed by atoms with Gasteiger partial charge in [-0.2, -0.15) is 0 Å². The second kappa shape index (κ2) is 8.60. The summed E-state index contributed by atoms with van der Waals surface area (Å²) in [6, 6.07) is 3.15.